The molecule has 35 heavy (non-hydrogen) atoms. The van der Waals surface area contributed by atoms with Gasteiger partial charge in [-0.1, -0.05) is 0 Å². The summed E-state index contributed by atoms with van der Waals surface area (Å²) in [5.74, 6) is 0.999. The number of fused-ring (bicyclic) bond motifs is 1. The van der Waals surface area contributed by atoms with Gasteiger partial charge in [-0.15, -0.1) is 0 Å². The van der Waals surface area contributed by atoms with Gasteiger partial charge in [-0.25, -0.2) is 9.97 Å². The number of aromatic amines is 1. The van der Waals surface area contributed by atoms with Crippen LogP contribution in [-0.4, -0.2) is 39.1 Å². The molecule has 2 fully saturated rings. The molecule has 9 heteroatoms. The molecule has 0 bridgehead atoms. The van der Waals surface area contributed by atoms with Crippen molar-refractivity contribution < 1.29 is 23.1 Å². The Labute approximate surface area is 201 Å². The molecule has 1 saturated carbocycles. The summed E-state index contributed by atoms with van der Waals surface area (Å²) in [5.41, 5.74) is 1.72. The van der Waals surface area contributed by atoms with Crippen molar-refractivity contribution >= 4 is 22.8 Å². The fourth-order valence-electron chi connectivity index (χ4n) is 5.76. The van der Waals surface area contributed by atoms with Crippen molar-refractivity contribution in [2.45, 2.75) is 58.0 Å². The van der Waals surface area contributed by atoms with Crippen LogP contribution in [0.1, 0.15) is 56.1 Å². The van der Waals surface area contributed by atoms with E-state index >= 15 is 0 Å². The molecule has 3 heterocycles. The number of pyridine rings is 1. The molecule has 3 aromatic rings. The molecule has 1 saturated heterocycles. The van der Waals surface area contributed by atoms with E-state index in [1.165, 1.54) is 0 Å². The Morgan fingerprint density at radius 3 is 2.49 bits per heavy atom. The fourth-order valence-corrected chi connectivity index (χ4v) is 5.76. The van der Waals surface area contributed by atoms with Crippen LogP contribution in [0.3, 0.4) is 0 Å². The zero-order chi connectivity index (χ0) is 24.8. The molecular weight excluding hydrogens is 457 g/mol. The average Bonchev–Trinajstić information content (AvgIpc) is 3.26. The van der Waals surface area contributed by atoms with E-state index in [-0.39, 0.29) is 6.42 Å². The first kappa shape index (κ1) is 23.6. The number of halogens is 3. The van der Waals surface area contributed by atoms with Gasteiger partial charge in [0.15, 0.2) is 0 Å². The van der Waals surface area contributed by atoms with E-state index in [9.17, 15) is 18.0 Å². The quantitative estimate of drug-likeness (QED) is 0.459. The first-order chi connectivity index (χ1) is 16.6. The van der Waals surface area contributed by atoms with Crippen molar-refractivity contribution in [1.82, 2.24) is 15.0 Å². The molecule has 0 radical (unpaired) electrons. The van der Waals surface area contributed by atoms with Crippen molar-refractivity contribution in [2.75, 3.05) is 18.0 Å². The van der Waals surface area contributed by atoms with Crippen LogP contribution in [0.5, 0.6) is 0 Å². The number of piperidine rings is 1. The number of alkyl halides is 3. The van der Waals surface area contributed by atoms with E-state index in [0.717, 1.165) is 75.1 Å². The molecule has 5 rings (SSSR count). The number of aliphatic carboxylic acids is 1. The van der Waals surface area contributed by atoms with Crippen LogP contribution in [0.4, 0.5) is 19.0 Å². The summed E-state index contributed by atoms with van der Waals surface area (Å²) in [4.78, 5) is 25.4. The Kier molecular flexibility index (Phi) is 5.97. The summed E-state index contributed by atoms with van der Waals surface area (Å²) in [6.07, 6.45) is 3.97. The summed E-state index contributed by atoms with van der Waals surface area (Å²) in [7, 11) is 0. The van der Waals surface area contributed by atoms with E-state index in [1.54, 1.807) is 13.1 Å². The van der Waals surface area contributed by atoms with Gasteiger partial charge in [0.25, 0.3) is 0 Å². The minimum Gasteiger partial charge on any atom is -0.481 e. The normalized spacial score (nSPS) is 18.9. The van der Waals surface area contributed by atoms with Crippen molar-refractivity contribution in [1.29, 1.82) is 0 Å². The molecule has 1 aliphatic carbocycles. The lowest BCUT2D eigenvalue weighted by atomic mass is 9.65. The third-order valence-electron chi connectivity index (χ3n) is 7.90. The Balaban J connectivity index is 1.25. The lowest BCUT2D eigenvalue weighted by Gasteiger charge is -2.46. The van der Waals surface area contributed by atoms with Gasteiger partial charge in [0.05, 0.1) is 16.6 Å². The molecule has 0 amide bonds. The number of anilines is 1. The molecule has 186 valence electrons. The highest BCUT2D eigenvalue weighted by molar-refractivity contribution is 5.83. The number of aromatic nitrogens is 3. The molecule has 0 atom stereocenters. The van der Waals surface area contributed by atoms with Crippen molar-refractivity contribution in [3.8, 4) is 11.4 Å². The lowest BCUT2D eigenvalue weighted by molar-refractivity contribution is -0.139. The minimum absolute atomic E-state index is 0.284. The van der Waals surface area contributed by atoms with E-state index in [1.807, 2.05) is 12.1 Å². The van der Waals surface area contributed by atoms with Gasteiger partial charge in [-0.3, -0.25) is 4.79 Å². The Bertz CT molecular complexity index is 1220. The maximum Gasteiger partial charge on any atom is 0.416 e. The van der Waals surface area contributed by atoms with Crippen molar-refractivity contribution in [2.24, 2.45) is 11.3 Å². The summed E-state index contributed by atoms with van der Waals surface area (Å²) in [6, 6.07) is 6.06. The fraction of sp³-hybridized carbons (Fsp3) is 0.500. The standard InChI is InChI=1S/C26H29F3N4O2/c1-16-12-19(26(27,28)29)14-20-23(16)32-24(31-20)18-2-3-21(30-15-18)33-10-8-25(9-11-33)6-4-17(5-7-25)13-22(34)35/h2-3,12,14-15,17H,4-11,13H2,1H3,(H,31,32)(H,34,35). The molecule has 2 aliphatic rings. The van der Waals surface area contributed by atoms with Gasteiger partial charge >= 0.3 is 12.1 Å². The summed E-state index contributed by atoms with van der Waals surface area (Å²) < 4.78 is 39.5. The molecule has 2 N–H and O–H groups in total. The summed E-state index contributed by atoms with van der Waals surface area (Å²) in [5, 5.41) is 9.05. The number of hydrogen-bond donors (Lipinski definition) is 2. The first-order valence-corrected chi connectivity index (χ1v) is 12.1. The van der Waals surface area contributed by atoms with E-state index < -0.39 is 17.7 Å². The average molecular weight is 487 g/mol. The van der Waals surface area contributed by atoms with Gasteiger partial charge in [-0.2, -0.15) is 13.2 Å². The van der Waals surface area contributed by atoms with Crippen molar-refractivity contribution in [3.05, 3.63) is 41.6 Å². The third kappa shape index (κ3) is 4.86. The zero-order valence-corrected chi connectivity index (χ0v) is 19.7. The Hall–Kier alpha value is -3.10. The second kappa shape index (κ2) is 8.84. The van der Waals surface area contributed by atoms with Crippen LogP contribution in [0.2, 0.25) is 0 Å². The number of H-pyrrole nitrogens is 1. The summed E-state index contributed by atoms with van der Waals surface area (Å²) >= 11 is 0. The van der Waals surface area contributed by atoms with Gasteiger partial charge < -0.3 is 15.0 Å². The second-order valence-electron chi connectivity index (χ2n) is 10.2. The second-order valence-corrected chi connectivity index (χ2v) is 10.2. The number of carboxylic acid groups (broad SMARTS) is 1. The monoisotopic (exact) mass is 486 g/mol. The molecule has 6 nitrogen and oxygen atoms in total. The number of nitrogens with one attached hydrogen (secondary N) is 1. The predicted octanol–water partition coefficient (Wildman–Crippen LogP) is 6.20. The zero-order valence-electron chi connectivity index (χ0n) is 19.7. The third-order valence-corrected chi connectivity index (χ3v) is 7.90. The molecule has 1 aliphatic heterocycles. The molecule has 1 aromatic carbocycles. The van der Waals surface area contributed by atoms with Crippen LogP contribution in [0.25, 0.3) is 22.4 Å². The number of carboxylic acids is 1. The highest BCUT2D eigenvalue weighted by atomic mass is 19.4. The van der Waals surface area contributed by atoms with Gasteiger partial charge in [0.1, 0.15) is 11.6 Å². The molecule has 0 unspecified atom stereocenters. The van der Waals surface area contributed by atoms with E-state index in [2.05, 4.69) is 19.9 Å². The van der Waals surface area contributed by atoms with Gasteiger partial charge in [0.2, 0.25) is 0 Å². The SMILES string of the molecule is Cc1cc(C(F)(F)F)cc2[nH]c(-c3ccc(N4CCC5(CCC(CC(=O)O)CC5)CC4)nc3)nc12. The minimum atomic E-state index is -4.40. The number of nitrogens with zero attached hydrogens (tertiary/aromatic N) is 3. The van der Waals surface area contributed by atoms with Crippen LogP contribution in [0.15, 0.2) is 30.5 Å². The van der Waals surface area contributed by atoms with E-state index in [0.29, 0.717) is 33.8 Å². The highest BCUT2D eigenvalue weighted by Crippen LogP contribution is 2.47. The molecule has 2 aromatic heterocycles. The predicted molar refractivity (Wildman–Crippen MR) is 127 cm³/mol. The maximum absolute atomic E-state index is 13.2. The number of aryl methyl sites for hydroxylation is 1. The topological polar surface area (TPSA) is 82.1 Å². The number of hydrogen-bond acceptors (Lipinski definition) is 4. The largest absolute Gasteiger partial charge is 0.481 e. The number of rotatable bonds is 4. The first-order valence-electron chi connectivity index (χ1n) is 12.1. The van der Waals surface area contributed by atoms with Crippen LogP contribution < -0.4 is 4.90 Å². The van der Waals surface area contributed by atoms with Crippen molar-refractivity contribution in [3.63, 3.8) is 0 Å². The lowest BCUT2D eigenvalue weighted by Crippen LogP contribution is -2.42. The molecular formula is C26H29F3N4O2. The van der Waals surface area contributed by atoms with E-state index in [4.69, 9.17) is 5.11 Å². The number of imidazole rings is 1. The Morgan fingerprint density at radius 1 is 1.17 bits per heavy atom. The summed E-state index contributed by atoms with van der Waals surface area (Å²) in [6.45, 7) is 3.46. The highest BCUT2D eigenvalue weighted by Gasteiger charge is 2.38. The number of benzene rings is 1. The smallest absolute Gasteiger partial charge is 0.416 e. The number of carbonyl (C=O) groups is 1. The Morgan fingerprint density at radius 2 is 1.89 bits per heavy atom. The van der Waals surface area contributed by atoms with Crippen LogP contribution in [0, 0.1) is 18.3 Å². The van der Waals surface area contributed by atoms with Gasteiger partial charge in [-0.05, 0) is 86.6 Å². The molecule has 1 spiro atoms. The van der Waals surface area contributed by atoms with Crippen LogP contribution in [-0.2, 0) is 11.0 Å². The van der Waals surface area contributed by atoms with Gasteiger partial charge in [0, 0.05) is 31.3 Å². The van der Waals surface area contributed by atoms with Crippen LogP contribution >= 0.6 is 0 Å². The maximum atomic E-state index is 13.2.